The average molecular weight is 937 g/mol. The molecule has 0 spiro atoms. The van der Waals surface area contributed by atoms with Gasteiger partial charge in [0, 0.05) is 23.7 Å². The highest BCUT2D eigenvalue weighted by Gasteiger charge is 2.71. The lowest BCUT2D eigenvalue weighted by Crippen LogP contribution is -2.65. The number of rotatable bonds is 13. The van der Waals surface area contributed by atoms with Crippen LogP contribution in [0.4, 0.5) is 0 Å². The number of aliphatic hydroxyl groups is 13. The van der Waals surface area contributed by atoms with E-state index in [1.807, 2.05) is 13.8 Å². The molecule has 0 radical (unpaired) electrons. The Morgan fingerprint density at radius 1 is 0.646 bits per heavy atom. The SMILES string of the molecule is C[C@H](CCC1(O)O[C@H]2C[C@H]3[C@@H]4CC[C@@H]5C[C@@H](O[C@@H]6O[C@H](CO)[C@H](O)[C@H](O)[C@H]6O[C@@H]6O[C@H](CO)[C@@H](O)[C@H](O)[C@H]6O)CC[C@]5(C)[C@H]4C[C@@H](O)[C@]3(C)[C@H]2[C@@H]1C)CO[C@@H]1O[C@H](CO)[C@@H](O)[C@H](O)[C@H]1O. The molecule has 0 aromatic heterocycles. The molecule has 4 saturated heterocycles. The summed E-state index contributed by atoms with van der Waals surface area (Å²) in [7, 11) is 0. The van der Waals surface area contributed by atoms with Gasteiger partial charge in [-0.1, -0.05) is 27.7 Å². The van der Waals surface area contributed by atoms with Crippen molar-refractivity contribution in [2.75, 3.05) is 26.4 Å². The van der Waals surface area contributed by atoms with Crippen LogP contribution >= 0.6 is 0 Å². The molecule has 0 bridgehead atoms. The van der Waals surface area contributed by atoms with E-state index in [1.54, 1.807) is 0 Å². The largest absolute Gasteiger partial charge is 0.394 e. The summed E-state index contributed by atoms with van der Waals surface area (Å²) in [6, 6.07) is 0. The topological polar surface area (TPSA) is 328 Å². The van der Waals surface area contributed by atoms with E-state index in [-0.39, 0.29) is 59.7 Å². The first-order valence-corrected chi connectivity index (χ1v) is 24.0. The predicted octanol–water partition coefficient (Wildman–Crippen LogP) is -2.81. The monoisotopic (exact) mass is 936 g/mol. The molecule has 13 N–H and O–H groups in total. The Balaban J connectivity index is 0.886. The minimum absolute atomic E-state index is 0.0750. The summed E-state index contributed by atoms with van der Waals surface area (Å²) < 4.78 is 41.8. The maximum Gasteiger partial charge on any atom is 0.187 e. The molecule has 20 heteroatoms. The Kier molecular flexibility index (Phi) is 15.1. The lowest BCUT2D eigenvalue weighted by molar-refractivity contribution is -0.373. The van der Waals surface area contributed by atoms with Crippen LogP contribution in [0.15, 0.2) is 0 Å². The number of hydrogen-bond donors (Lipinski definition) is 13. The third-order valence-electron chi connectivity index (χ3n) is 18.1. The van der Waals surface area contributed by atoms with E-state index in [2.05, 4.69) is 13.8 Å². The summed E-state index contributed by atoms with van der Waals surface area (Å²) in [4.78, 5) is 0. The van der Waals surface area contributed by atoms with Crippen LogP contribution in [0.3, 0.4) is 0 Å². The lowest BCUT2D eigenvalue weighted by Gasteiger charge is -2.62. The van der Waals surface area contributed by atoms with Crippen molar-refractivity contribution in [3.63, 3.8) is 0 Å². The van der Waals surface area contributed by atoms with Crippen LogP contribution in [-0.2, 0) is 33.2 Å². The molecule has 0 aromatic carbocycles. The zero-order chi connectivity index (χ0) is 47.1. The molecule has 4 saturated carbocycles. The van der Waals surface area contributed by atoms with E-state index >= 15 is 0 Å². The van der Waals surface area contributed by atoms with Gasteiger partial charge < -0.3 is 99.5 Å². The Bertz CT molecular complexity index is 1600. The second kappa shape index (κ2) is 19.4. The summed E-state index contributed by atoms with van der Waals surface area (Å²) in [5, 5.41) is 137. The Hall–Kier alpha value is -0.800. The van der Waals surface area contributed by atoms with Gasteiger partial charge in [0.25, 0.3) is 0 Å². The van der Waals surface area contributed by atoms with Gasteiger partial charge in [-0.25, -0.2) is 0 Å². The van der Waals surface area contributed by atoms with Crippen LogP contribution in [-0.4, -0.2) is 209 Å². The molecule has 4 heterocycles. The van der Waals surface area contributed by atoms with Crippen LogP contribution in [0, 0.1) is 52.3 Å². The highest BCUT2D eigenvalue weighted by Crippen LogP contribution is 2.71. The fourth-order valence-corrected chi connectivity index (χ4v) is 14.1. The van der Waals surface area contributed by atoms with Gasteiger partial charge in [-0.05, 0) is 86.4 Å². The molecule has 4 aliphatic carbocycles. The Morgan fingerprint density at radius 2 is 1.23 bits per heavy atom. The van der Waals surface area contributed by atoms with Crippen molar-refractivity contribution in [1.82, 2.24) is 0 Å². The Morgan fingerprint density at radius 3 is 1.86 bits per heavy atom. The summed E-state index contributed by atoms with van der Waals surface area (Å²) in [6.45, 7) is 6.70. The quantitative estimate of drug-likeness (QED) is 0.0829. The summed E-state index contributed by atoms with van der Waals surface area (Å²) in [6.07, 6.45) is -17.3. The number of aliphatic hydroxyl groups excluding tert-OH is 12. The molecular formula is C45H76O20. The van der Waals surface area contributed by atoms with Crippen LogP contribution in [0.2, 0.25) is 0 Å². The van der Waals surface area contributed by atoms with Crippen molar-refractivity contribution in [3.05, 3.63) is 0 Å². The van der Waals surface area contributed by atoms with Crippen molar-refractivity contribution in [2.24, 2.45) is 52.3 Å². The van der Waals surface area contributed by atoms with Gasteiger partial charge in [-0.3, -0.25) is 0 Å². The second-order valence-corrected chi connectivity index (χ2v) is 21.5. The zero-order valence-electron chi connectivity index (χ0n) is 37.8. The van der Waals surface area contributed by atoms with E-state index in [0.717, 1.165) is 25.7 Å². The molecular weight excluding hydrogens is 860 g/mol. The fourth-order valence-electron chi connectivity index (χ4n) is 14.1. The molecule has 65 heavy (non-hydrogen) atoms. The first-order valence-electron chi connectivity index (χ1n) is 24.0. The minimum atomic E-state index is -1.77. The summed E-state index contributed by atoms with van der Waals surface area (Å²) in [5.74, 6) is -0.943. The minimum Gasteiger partial charge on any atom is -0.394 e. The van der Waals surface area contributed by atoms with Gasteiger partial charge in [0.2, 0.25) is 0 Å². The number of hydrogen-bond acceptors (Lipinski definition) is 20. The number of fused-ring (bicyclic) bond motifs is 7. The predicted molar refractivity (Wildman–Crippen MR) is 220 cm³/mol. The third kappa shape index (κ3) is 8.78. The molecule has 8 rings (SSSR count). The lowest BCUT2D eigenvalue weighted by atomic mass is 9.43. The molecule has 0 amide bonds. The first-order chi connectivity index (χ1) is 30.7. The van der Waals surface area contributed by atoms with Crippen molar-refractivity contribution < 1.29 is 99.5 Å². The standard InChI is InChI=1S/C45H76O20/c1-18(17-59-40-37(56)34(53)31(50)26(14-46)61-40)7-10-45(58)19(2)30-25(65-45)12-24-22-6-5-20-11-21(8-9-43(20,3)23(22)13-29(49)44(24,30)4)60-42-39(36(55)33(52)28(16-48)63-42)64-41-38(57)35(54)32(51)27(15-47)62-41/h18-42,46-58H,5-17H2,1-4H3/t18-,19+,20-,21+,22-,23+,24+,25+,26-,27-,28-,29-,30+,31-,32-,33+,34+,35+,36+,37-,38-,39-,40-,41+,42-,43+,44-,45?/m1/s1. The van der Waals surface area contributed by atoms with Crippen molar-refractivity contribution >= 4 is 0 Å². The maximum absolute atomic E-state index is 12.3. The second-order valence-electron chi connectivity index (χ2n) is 21.5. The molecule has 20 nitrogen and oxygen atoms in total. The summed E-state index contributed by atoms with van der Waals surface area (Å²) >= 11 is 0. The Labute approximate surface area is 379 Å². The first kappa shape index (κ1) is 50.6. The smallest absolute Gasteiger partial charge is 0.187 e. The van der Waals surface area contributed by atoms with Gasteiger partial charge in [-0.15, -0.1) is 0 Å². The van der Waals surface area contributed by atoms with Gasteiger partial charge in [-0.2, -0.15) is 0 Å². The maximum atomic E-state index is 12.3. The summed E-state index contributed by atoms with van der Waals surface area (Å²) in [5.41, 5.74) is -0.618. The van der Waals surface area contributed by atoms with E-state index < -0.39 is 129 Å². The van der Waals surface area contributed by atoms with Crippen LogP contribution < -0.4 is 0 Å². The molecule has 8 fully saturated rings. The van der Waals surface area contributed by atoms with E-state index in [1.165, 1.54) is 0 Å². The molecule has 4 aliphatic heterocycles. The van der Waals surface area contributed by atoms with E-state index in [4.69, 9.17) is 33.2 Å². The highest BCUT2D eigenvalue weighted by molar-refractivity contribution is 5.17. The third-order valence-corrected chi connectivity index (χ3v) is 18.1. The normalized spacial score (nSPS) is 56.1. The van der Waals surface area contributed by atoms with Gasteiger partial charge in [0.15, 0.2) is 24.7 Å². The van der Waals surface area contributed by atoms with Crippen LogP contribution in [0.1, 0.15) is 85.5 Å². The van der Waals surface area contributed by atoms with E-state index in [0.29, 0.717) is 38.0 Å². The van der Waals surface area contributed by atoms with E-state index in [9.17, 15) is 66.4 Å². The molecule has 28 atom stereocenters. The molecule has 1 unspecified atom stereocenters. The average Bonchev–Trinajstić information content (AvgIpc) is 3.73. The van der Waals surface area contributed by atoms with Gasteiger partial charge in [0.05, 0.1) is 44.7 Å². The van der Waals surface area contributed by atoms with Crippen molar-refractivity contribution in [1.29, 1.82) is 0 Å². The van der Waals surface area contributed by atoms with Gasteiger partial charge >= 0.3 is 0 Å². The van der Waals surface area contributed by atoms with Crippen molar-refractivity contribution in [2.45, 2.75) is 202 Å². The molecule has 8 aliphatic rings. The fraction of sp³-hybridized carbons (Fsp3) is 1.00. The van der Waals surface area contributed by atoms with Crippen molar-refractivity contribution in [3.8, 4) is 0 Å². The van der Waals surface area contributed by atoms with Gasteiger partial charge in [0.1, 0.15) is 73.2 Å². The molecule has 376 valence electrons. The number of ether oxygens (including phenoxy) is 7. The van der Waals surface area contributed by atoms with Crippen LogP contribution in [0.5, 0.6) is 0 Å². The zero-order valence-corrected chi connectivity index (χ0v) is 37.8. The van der Waals surface area contributed by atoms with Crippen LogP contribution in [0.25, 0.3) is 0 Å². The highest BCUT2D eigenvalue weighted by atomic mass is 16.8. The molecule has 0 aromatic rings.